The number of anilines is 2. The van der Waals surface area contributed by atoms with Crippen molar-refractivity contribution in [2.24, 2.45) is 0 Å². The van der Waals surface area contributed by atoms with E-state index >= 15 is 0 Å². The van der Waals surface area contributed by atoms with E-state index < -0.39 is 9.84 Å². The van der Waals surface area contributed by atoms with Crippen LogP contribution in [0.15, 0.2) is 70.8 Å². The SMILES string of the molecule is CCC(OCCS(C)(=O)=O)c1nc(-c2cc3c(Nc4ccc(OCc5cccc(F)c5)c(Br)c4)ncnc3cc2OC)cs1. The Kier molecular flexibility index (Phi) is 10.1. The standard InChI is InChI=1S/C31H30BrFN4O5S2/c1-4-27(41-10-11-44(3,38)39)31-37-26(17-43-31)22-14-23-25(15-29(22)40-2)34-18-35-30(23)36-21-8-9-28(24(32)13-21)42-16-19-6-5-7-20(33)12-19/h5-9,12-15,17-18,27H,4,10-11,16H2,1-3H3,(H,34,35,36). The van der Waals surface area contributed by atoms with Gasteiger partial charge in [0.15, 0.2) is 0 Å². The lowest BCUT2D eigenvalue weighted by atomic mass is 10.1. The van der Waals surface area contributed by atoms with Crippen LogP contribution in [0.1, 0.15) is 30.0 Å². The molecule has 0 fully saturated rings. The van der Waals surface area contributed by atoms with Crippen molar-refractivity contribution in [1.82, 2.24) is 15.0 Å². The summed E-state index contributed by atoms with van der Waals surface area (Å²) >= 11 is 5.02. The van der Waals surface area contributed by atoms with Crippen LogP contribution >= 0.6 is 27.3 Å². The molecule has 5 aromatic rings. The second kappa shape index (κ2) is 14.0. The molecule has 1 atom stereocenters. The molecule has 0 amide bonds. The Labute approximate surface area is 267 Å². The van der Waals surface area contributed by atoms with E-state index in [9.17, 15) is 12.8 Å². The molecular formula is C31H30BrFN4O5S2. The Balaban J connectivity index is 1.38. The fourth-order valence-corrected chi connectivity index (χ4v) is 6.28. The van der Waals surface area contributed by atoms with Crippen molar-refractivity contribution in [1.29, 1.82) is 0 Å². The van der Waals surface area contributed by atoms with Gasteiger partial charge in [0, 0.05) is 34.3 Å². The smallest absolute Gasteiger partial charge is 0.149 e. The highest BCUT2D eigenvalue weighted by atomic mass is 79.9. The van der Waals surface area contributed by atoms with Gasteiger partial charge in [-0.25, -0.2) is 27.8 Å². The number of benzene rings is 3. The maximum absolute atomic E-state index is 13.5. The van der Waals surface area contributed by atoms with Gasteiger partial charge in [-0.2, -0.15) is 0 Å². The Morgan fingerprint density at radius 1 is 1.09 bits per heavy atom. The van der Waals surface area contributed by atoms with Gasteiger partial charge in [0.1, 0.15) is 57.0 Å². The van der Waals surface area contributed by atoms with E-state index in [-0.39, 0.29) is 30.9 Å². The summed E-state index contributed by atoms with van der Waals surface area (Å²) in [5, 5.41) is 6.81. The maximum Gasteiger partial charge on any atom is 0.149 e. The molecule has 0 saturated carbocycles. The molecule has 230 valence electrons. The molecule has 2 heterocycles. The van der Waals surface area contributed by atoms with Crippen LogP contribution in [-0.4, -0.2) is 49.1 Å². The number of nitrogens with zero attached hydrogens (tertiary/aromatic N) is 3. The van der Waals surface area contributed by atoms with Crippen LogP contribution in [0, 0.1) is 5.82 Å². The van der Waals surface area contributed by atoms with E-state index in [4.69, 9.17) is 19.2 Å². The molecule has 0 spiro atoms. The van der Waals surface area contributed by atoms with Crippen molar-refractivity contribution >= 4 is 59.5 Å². The van der Waals surface area contributed by atoms with E-state index in [0.717, 1.165) is 31.7 Å². The first-order valence-electron chi connectivity index (χ1n) is 13.6. The fraction of sp³-hybridized carbons (Fsp3) is 0.258. The van der Waals surface area contributed by atoms with Crippen LogP contribution in [0.5, 0.6) is 11.5 Å². The number of aromatic nitrogens is 3. The monoisotopic (exact) mass is 700 g/mol. The minimum Gasteiger partial charge on any atom is -0.496 e. The summed E-state index contributed by atoms with van der Waals surface area (Å²) in [6, 6.07) is 15.6. The van der Waals surface area contributed by atoms with Crippen molar-refractivity contribution < 1.29 is 27.0 Å². The Morgan fingerprint density at radius 3 is 2.66 bits per heavy atom. The second-order valence-electron chi connectivity index (χ2n) is 9.95. The average Bonchev–Trinajstić information content (AvgIpc) is 3.48. The van der Waals surface area contributed by atoms with Crippen molar-refractivity contribution in [2.75, 3.05) is 31.0 Å². The van der Waals surface area contributed by atoms with Gasteiger partial charge in [0.2, 0.25) is 0 Å². The van der Waals surface area contributed by atoms with Crippen LogP contribution in [0.3, 0.4) is 0 Å². The number of hydrogen-bond acceptors (Lipinski definition) is 10. The second-order valence-corrected chi connectivity index (χ2v) is 14.0. The first kappa shape index (κ1) is 31.8. The summed E-state index contributed by atoms with van der Waals surface area (Å²) in [5.41, 5.74) is 3.64. The van der Waals surface area contributed by atoms with Crippen LogP contribution in [-0.2, 0) is 21.2 Å². The lowest BCUT2D eigenvalue weighted by Gasteiger charge is -2.14. The molecule has 44 heavy (non-hydrogen) atoms. The summed E-state index contributed by atoms with van der Waals surface area (Å²) in [5.74, 6) is 1.46. The van der Waals surface area contributed by atoms with E-state index in [1.807, 2.05) is 42.6 Å². The van der Waals surface area contributed by atoms with Gasteiger partial charge in [0.25, 0.3) is 0 Å². The third kappa shape index (κ3) is 7.89. The molecular weight excluding hydrogens is 671 g/mol. The summed E-state index contributed by atoms with van der Waals surface area (Å²) < 4.78 is 54.7. The molecule has 0 aliphatic rings. The van der Waals surface area contributed by atoms with Gasteiger partial charge < -0.3 is 19.5 Å². The third-order valence-corrected chi connectivity index (χ3v) is 9.12. The van der Waals surface area contributed by atoms with Crippen molar-refractivity contribution in [3.8, 4) is 22.8 Å². The van der Waals surface area contributed by atoms with Gasteiger partial charge in [-0.3, -0.25) is 0 Å². The Bertz CT molecular complexity index is 1890. The molecule has 0 radical (unpaired) electrons. The maximum atomic E-state index is 13.5. The molecule has 1 unspecified atom stereocenters. The molecule has 0 saturated heterocycles. The summed E-state index contributed by atoms with van der Waals surface area (Å²) in [6.07, 6.45) is 3.01. The van der Waals surface area contributed by atoms with Gasteiger partial charge in [-0.05, 0) is 64.3 Å². The van der Waals surface area contributed by atoms with E-state index in [1.165, 1.54) is 36.1 Å². The zero-order chi connectivity index (χ0) is 31.3. The van der Waals surface area contributed by atoms with Crippen molar-refractivity contribution in [3.05, 3.63) is 87.2 Å². The van der Waals surface area contributed by atoms with Crippen LogP contribution < -0.4 is 14.8 Å². The van der Waals surface area contributed by atoms with Crippen LogP contribution in [0.25, 0.3) is 22.2 Å². The van der Waals surface area contributed by atoms with Crippen LogP contribution in [0.2, 0.25) is 0 Å². The number of thiazole rings is 1. The number of fused-ring (bicyclic) bond motifs is 1. The minimum atomic E-state index is -3.12. The van der Waals surface area contributed by atoms with Gasteiger partial charge in [-0.1, -0.05) is 19.1 Å². The average molecular weight is 702 g/mol. The van der Waals surface area contributed by atoms with Gasteiger partial charge in [-0.15, -0.1) is 11.3 Å². The Hall–Kier alpha value is -3.65. The molecule has 5 rings (SSSR count). The lowest BCUT2D eigenvalue weighted by Crippen LogP contribution is -2.13. The van der Waals surface area contributed by atoms with E-state index in [2.05, 4.69) is 31.2 Å². The quantitative estimate of drug-likeness (QED) is 0.133. The molecule has 13 heteroatoms. The van der Waals surface area contributed by atoms with Crippen molar-refractivity contribution in [3.63, 3.8) is 0 Å². The number of ether oxygens (including phenoxy) is 3. The highest BCUT2D eigenvalue weighted by Crippen LogP contribution is 2.38. The fourth-order valence-electron chi connectivity index (χ4n) is 4.44. The zero-order valence-electron chi connectivity index (χ0n) is 24.2. The van der Waals surface area contributed by atoms with Gasteiger partial charge >= 0.3 is 0 Å². The van der Waals surface area contributed by atoms with Crippen LogP contribution in [0.4, 0.5) is 15.9 Å². The van der Waals surface area contributed by atoms with Crippen molar-refractivity contribution in [2.45, 2.75) is 26.1 Å². The molecule has 2 aromatic heterocycles. The predicted octanol–water partition coefficient (Wildman–Crippen LogP) is 7.50. The first-order chi connectivity index (χ1) is 21.1. The highest BCUT2D eigenvalue weighted by Gasteiger charge is 2.19. The van der Waals surface area contributed by atoms with E-state index in [1.54, 1.807) is 19.2 Å². The summed E-state index contributed by atoms with van der Waals surface area (Å²) in [7, 11) is -1.53. The third-order valence-electron chi connectivity index (χ3n) is 6.65. The topological polar surface area (TPSA) is 113 Å². The number of halogens is 2. The number of rotatable bonds is 13. The summed E-state index contributed by atoms with van der Waals surface area (Å²) in [6.45, 7) is 2.31. The first-order valence-corrected chi connectivity index (χ1v) is 17.4. The molecule has 0 bridgehead atoms. The number of hydrogen-bond donors (Lipinski definition) is 1. The number of nitrogens with one attached hydrogen (secondary N) is 1. The predicted molar refractivity (Wildman–Crippen MR) is 174 cm³/mol. The number of methoxy groups -OCH3 is 1. The number of sulfone groups is 1. The van der Waals surface area contributed by atoms with E-state index in [0.29, 0.717) is 34.9 Å². The Morgan fingerprint density at radius 2 is 1.93 bits per heavy atom. The molecule has 0 aliphatic heterocycles. The van der Waals surface area contributed by atoms with Gasteiger partial charge in [0.05, 0.1) is 35.2 Å². The molecule has 1 N–H and O–H groups in total. The minimum absolute atomic E-state index is 0.0444. The zero-order valence-corrected chi connectivity index (χ0v) is 27.4. The molecule has 3 aromatic carbocycles. The largest absolute Gasteiger partial charge is 0.496 e. The summed E-state index contributed by atoms with van der Waals surface area (Å²) in [4.78, 5) is 13.8. The highest BCUT2D eigenvalue weighted by molar-refractivity contribution is 9.10. The molecule has 0 aliphatic carbocycles. The normalized spacial score (nSPS) is 12.3. The molecule has 9 nitrogen and oxygen atoms in total. The lowest BCUT2D eigenvalue weighted by molar-refractivity contribution is 0.0610.